The Bertz CT molecular complexity index is 1180. The topological polar surface area (TPSA) is 73.8 Å². The fraction of sp³-hybridized carbons (Fsp3) is 0.280. The summed E-state index contributed by atoms with van der Waals surface area (Å²) in [5.41, 5.74) is 2.20. The zero-order valence-electron chi connectivity index (χ0n) is 18.1. The van der Waals surface area contributed by atoms with E-state index in [2.05, 4.69) is 9.88 Å². The van der Waals surface area contributed by atoms with Gasteiger partial charge in [-0.15, -0.1) is 11.3 Å². The lowest BCUT2D eigenvalue weighted by atomic mass is 10.0. The van der Waals surface area contributed by atoms with E-state index in [0.29, 0.717) is 42.7 Å². The molecule has 0 unspecified atom stereocenters. The second-order valence-corrected chi connectivity index (χ2v) is 9.08. The number of anilines is 1. The number of carbonyl (C=O) groups is 3. The maximum absolute atomic E-state index is 13.2. The van der Waals surface area contributed by atoms with Crippen molar-refractivity contribution >= 4 is 34.2 Å². The highest BCUT2D eigenvalue weighted by molar-refractivity contribution is 7.13. The van der Waals surface area contributed by atoms with Crippen LogP contribution < -0.4 is 4.90 Å². The Morgan fingerprint density at radius 3 is 2.55 bits per heavy atom. The van der Waals surface area contributed by atoms with E-state index in [9.17, 15) is 14.4 Å². The van der Waals surface area contributed by atoms with Crippen molar-refractivity contribution in [2.75, 3.05) is 37.6 Å². The molecule has 1 aromatic heterocycles. The maximum Gasteiger partial charge on any atom is 0.261 e. The maximum atomic E-state index is 13.2. The first-order valence-electron chi connectivity index (χ1n) is 11.1. The van der Waals surface area contributed by atoms with Gasteiger partial charge in [0.1, 0.15) is 0 Å². The van der Waals surface area contributed by atoms with Gasteiger partial charge in [-0.2, -0.15) is 0 Å². The molecule has 0 bridgehead atoms. The van der Waals surface area contributed by atoms with Crippen LogP contribution in [0.3, 0.4) is 0 Å². The molecule has 3 aromatic rings. The van der Waals surface area contributed by atoms with E-state index < -0.39 is 0 Å². The molecule has 2 aliphatic rings. The number of imide groups is 1. The van der Waals surface area contributed by atoms with Gasteiger partial charge in [-0.25, -0.2) is 4.98 Å². The van der Waals surface area contributed by atoms with Gasteiger partial charge >= 0.3 is 0 Å². The van der Waals surface area contributed by atoms with Gasteiger partial charge in [0, 0.05) is 49.9 Å². The van der Waals surface area contributed by atoms with Crippen LogP contribution >= 0.6 is 11.3 Å². The van der Waals surface area contributed by atoms with E-state index in [1.54, 1.807) is 35.7 Å². The Hall–Kier alpha value is -3.52. The minimum Gasteiger partial charge on any atom is -0.346 e. The molecule has 0 spiro atoms. The van der Waals surface area contributed by atoms with Gasteiger partial charge in [0.25, 0.3) is 17.7 Å². The van der Waals surface area contributed by atoms with Crippen LogP contribution in [0.2, 0.25) is 0 Å². The summed E-state index contributed by atoms with van der Waals surface area (Å²) in [6.07, 6.45) is 3.24. The third kappa shape index (κ3) is 4.26. The minimum absolute atomic E-state index is 0.109. The Balaban J connectivity index is 1.28. The third-order valence-electron chi connectivity index (χ3n) is 6.16. The first kappa shape index (κ1) is 21.3. The average Bonchev–Trinajstić information content (AvgIpc) is 3.37. The number of rotatable bonds is 5. The van der Waals surface area contributed by atoms with Crippen LogP contribution in [0.25, 0.3) is 0 Å². The molecule has 2 aromatic carbocycles. The van der Waals surface area contributed by atoms with Gasteiger partial charge in [-0.3, -0.25) is 19.3 Å². The van der Waals surface area contributed by atoms with E-state index in [0.717, 1.165) is 30.2 Å². The first-order valence-corrected chi connectivity index (χ1v) is 12.0. The van der Waals surface area contributed by atoms with E-state index in [1.807, 2.05) is 40.6 Å². The fourth-order valence-electron chi connectivity index (χ4n) is 4.38. The molecular weight excluding hydrogens is 436 g/mol. The van der Waals surface area contributed by atoms with Crippen molar-refractivity contribution in [3.63, 3.8) is 0 Å². The molecule has 8 heteroatoms. The molecule has 0 saturated carbocycles. The summed E-state index contributed by atoms with van der Waals surface area (Å²) < 4.78 is 0. The molecule has 168 valence electrons. The van der Waals surface area contributed by atoms with E-state index in [1.165, 1.54) is 4.90 Å². The molecule has 3 heterocycles. The summed E-state index contributed by atoms with van der Waals surface area (Å²) >= 11 is 1.60. The molecule has 7 nitrogen and oxygen atoms in total. The van der Waals surface area contributed by atoms with Gasteiger partial charge in [-0.05, 0) is 36.6 Å². The normalized spacial score (nSPS) is 16.2. The molecule has 3 amide bonds. The Labute approximate surface area is 196 Å². The molecule has 0 atom stereocenters. The van der Waals surface area contributed by atoms with Crippen LogP contribution in [-0.2, 0) is 6.42 Å². The summed E-state index contributed by atoms with van der Waals surface area (Å²) in [6, 6.07) is 14.6. The molecule has 0 N–H and O–H groups in total. The fourth-order valence-corrected chi connectivity index (χ4v) is 5.08. The summed E-state index contributed by atoms with van der Waals surface area (Å²) in [7, 11) is 0. The monoisotopic (exact) mass is 460 g/mol. The molecule has 1 fully saturated rings. The second-order valence-electron chi connectivity index (χ2n) is 8.21. The number of hydrogen-bond acceptors (Lipinski definition) is 6. The van der Waals surface area contributed by atoms with Gasteiger partial charge in [-0.1, -0.05) is 30.3 Å². The Morgan fingerprint density at radius 1 is 0.939 bits per heavy atom. The lowest BCUT2D eigenvalue weighted by Gasteiger charge is -2.22. The van der Waals surface area contributed by atoms with E-state index >= 15 is 0 Å². The number of nitrogens with zero attached hydrogens (tertiary/aromatic N) is 4. The van der Waals surface area contributed by atoms with Crippen molar-refractivity contribution < 1.29 is 14.4 Å². The number of aromatic nitrogens is 1. The van der Waals surface area contributed by atoms with E-state index in [4.69, 9.17) is 0 Å². The van der Waals surface area contributed by atoms with Crippen molar-refractivity contribution in [1.29, 1.82) is 0 Å². The second kappa shape index (κ2) is 9.15. The summed E-state index contributed by atoms with van der Waals surface area (Å²) in [5.74, 6) is -0.730. The molecule has 0 radical (unpaired) electrons. The largest absolute Gasteiger partial charge is 0.346 e. The van der Waals surface area contributed by atoms with Gasteiger partial charge in [0.2, 0.25) is 0 Å². The first-order chi connectivity index (χ1) is 16.1. The number of hydrogen-bond donors (Lipinski definition) is 0. The number of fused-ring (bicyclic) bond motifs is 1. The molecule has 2 aliphatic heterocycles. The third-order valence-corrected chi connectivity index (χ3v) is 6.99. The predicted octanol–water partition coefficient (Wildman–Crippen LogP) is 3.33. The lowest BCUT2D eigenvalue weighted by molar-refractivity contribution is 0.0655. The van der Waals surface area contributed by atoms with Crippen LogP contribution in [0.15, 0.2) is 60.1 Å². The molecule has 0 aliphatic carbocycles. The molecule has 1 saturated heterocycles. The van der Waals surface area contributed by atoms with Gasteiger partial charge < -0.3 is 9.80 Å². The highest BCUT2D eigenvalue weighted by atomic mass is 32.1. The van der Waals surface area contributed by atoms with Crippen LogP contribution in [0, 0.1) is 0 Å². The number of benzene rings is 2. The van der Waals surface area contributed by atoms with Crippen molar-refractivity contribution in [3.8, 4) is 0 Å². The van der Waals surface area contributed by atoms with Crippen LogP contribution in [-0.4, -0.2) is 65.2 Å². The molecule has 5 rings (SSSR count). The highest BCUT2D eigenvalue weighted by Gasteiger charge is 2.36. The van der Waals surface area contributed by atoms with Crippen molar-refractivity contribution in [3.05, 3.63) is 82.4 Å². The minimum atomic E-state index is -0.327. The summed E-state index contributed by atoms with van der Waals surface area (Å²) in [5, 5.41) is 2.93. The van der Waals surface area contributed by atoms with Crippen molar-refractivity contribution in [2.24, 2.45) is 0 Å². The van der Waals surface area contributed by atoms with Crippen molar-refractivity contribution in [1.82, 2.24) is 14.8 Å². The smallest absolute Gasteiger partial charge is 0.261 e. The summed E-state index contributed by atoms with van der Waals surface area (Å²) in [6.45, 7) is 3.12. The van der Waals surface area contributed by atoms with E-state index in [-0.39, 0.29) is 17.7 Å². The number of amides is 3. The Kier molecular flexibility index (Phi) is 5.92. The zero-order valence-corrected chi connectivity index (χ0v) is 19.0. The lowest BCUT2D eigenvalue weighted by Crippen LogP contribution is -2.35. The van der Waals surface area contributed by atoms with Gasteiger partial charge in [0.15, 0.2) is 5.13 Å². The predicted molar refractivity (Wildman–Crippen MR) is 127 cm³/mol. The quantitative estimate of drug-likeness (QED) is 0.546. The summed E-state index contributed by atoms with van der Waals surface area (Å²) in [4.78, 5) is 48.7. The standard InChI is InChI=1S/C25H24N4O3S/c30-22(27-11-4-12-28(15-14-27)25-26-10-16-33-25)19-7-8-20-21(17-19)24(32)29(23(20)31)13-9-18-5-2-1-3-6-18/h1-3,5-8,10,16-17H,4,9,11-15H2. The number of carbonyl (C=O) groups excluding carboxylic acids is 3. The van der Waals surface area contributed by atoms with Crippen LogP contribution in [0.4, 0.5) is 5.13 Å². The van der Waals surface area contributed by atoms with Crippen LogP contribution in [0.5, 0.6) is 0 Å². The zero-order chi connectivity index (χ0) is 22.8. The average molecular weight is 461 g/mol. The van der Waals surface area contributed by atoms with Crippen LogP contribution in [0.1, 0.15) is 43.1 Å². The molecular formula is C25H24N4O3S. The number of thiazole rings is 1. The SMILES string of the molecule is O=C(c1ccc2c(c1)C(=O)N(CCc1ccccc1)C2=O)N1CCCN(c2nccs2)CC1. The van der Waals surface area contributed by atoms with Crippen molar-refractivity contribution in [2.45, 2.75) is 12.8 Å². The molecule has 33 heavy (non-hydrogen) atoms. The Morgan fingerprint density at radius 2 is 1.76 bits per heavy atom. The highest BCUT2D eigenvalue weighted by Crippen LogP contribution is 2.26. The van der Waals surface area contributed by atoms with Gasteiger partial charge in [0.05, 0.1) is 11.1 Å².